The Balaban J connectivity index is 0.00000364. The first kappa shape index (κ1) is 23.1. The standard InChI is InChI=1S/C19H28N4O3.HI/c1-6-20-19(22-12-18-23-14(3)15(4)26-18)21-11-13(2)25-17-10-8-7-9-16(17)24-5;/h7-10,13H,6,11-12H2,1-5H3,(H2,20,21,22);1H. The van der Waals surface area contributed by atoms with E-state index in [4.69, 9.17) is 13.9 Å². The fraction of sp³-hybridized carbons (Fsp3) is 0.474. The molecule has 1 aromatic carbocycles. The molecule has 0 radical (unpaired) electrons. The van der Waals surface area contributed by atoms with Crippen LogP contribution in [0.4, 0.5) is 0 Å². The molecule has 7 nitrogen and oxygen atoms in total. The van der Waals surface area contributed by atoms with Gasteiger partial charge in [0.25, 0.3) is 0 Å². The Labute approximate surface area is 178 Å². The van der Waals surface area contributed by atoms with E-state index < -0.39 is 0 Å². The van der Waals surface area contributed by atoms with Crippen LogP contribution in [0, 0.1) is 13.8 Å². The highest BCUT2D eigenvalue weighted by Crippen LogP contribution is 2.26. The van der Waals surface area contributed by atoms with Gasteiger partial charge in [-0.15, -0.1) is 24.0 Å². The van der Waals surface area contributed by atoms with Crippen molar-refractivity contribution in [1.29, 1.82) is 0 Å². The predicted octanol–water partition coefficient (Wildman–Crippen LogP) is 3.44. The van der Waals surface area contributed by atoms with Gasteiger partial charge in [0.05, 0.1) is 19.3 Å². The highest BCUT2D eigenvalue weighted by molar-refractivity contribution is 14.0. The Morgan fingerprint density at radius 2 is 1.93 bits per heavy atom. The van der Waals surface area contributed by atoms with Crippen molar-refractivity contribution in [3.63, 3.8) is 0 Å². The second kappa shape index (κ2) is 11.7. The molecule has 0 amide bonds. The maximum Gasteiger partial charge on any atom is 0.216 e. The lowest BCUT2D eigenvalue weighted by atomic mass is 10.3. The number of halogens is 1. The number of ether oxygens (including phenoxy) is 2. The van der Waals surface area contributed by atoms with Gasteiger partial charge in [0, 0.05) is 6.54 Å². The average Bonchev–Trinajstić information content (AvgIpc) is 2.95. The second-order valence-corrected chi connectivity index (χ2v) is 5.90. The van der Waals surface area contributed by atoms with Gasteiger partial charge >= 0.3 is 0 Å². The average molecular weight is 488 g/mol. The van der Waals surface area contributed by atoms with Crippen molar-refractivity contribution in [3.8, 4) is 11.5 Å². The smallest absolute Gasteiger partial charge is 0.216 e. The molecular formula is C19H29IN4O3. The number of benzene rings is 1. The van der Waals surface area contributed by atoms with Gasteiger partial charge in [0.15, 0.2) is 17.5 Å². The molecule has 2 aromatic rings. The summed E-state index contributed by atoms with van der Waals surface area (Å²) in [7, 11) is 1.63. The van der Waals surface area contributed by atoms with Crippen LogP contribution >= 0.6 is 24.0 Å². The maximum atomic E-state index is 5.95. The van der Waals surface area contributed by atoms with Crippen molar-refractivity contribution in [2.45, 2.75) is 40.3 Å². The van der Waals surface area contributed by atoms with Crippen LogP contribution in [0.3, 0.4) is 0 Å². The SMILES string of the molecule is CCNC(=NCc1nc(C)c(C)o1)NCC(C)Oc1ccccc1OC.I. The normalized spacial score (nSPS) is 12.1. The molecule has 2 rings (SSSR count). The summed E-state index contributed by atoms with van der Waals surface area (Å²) in [6.45, 7) is 9.56. The summed E-state index contributed by atoms with van der Waals surface area (Å²) in [6, 6.07) is 7.60. The molecule has 27 heavy (non-hydrogen) atoms. The minimum absolute atomic E-state index is 0. The summed E-state index contributed by atoms with van der Waals surface area (Å²) in [6.07, 6.45) is -0.0682. The summed E-state index contributed by atoms with van der Waals surface area (Å²) in [4.78, 5) is 8.85. The highest BCUT2D eigenvalue weighted by atomic mass is 127. The molecule has 1 atom stereocenters. The minimum atomic E-state index is -0.0682. The lowest BCUT2D eigenvalue weighted by Gasteiger charge is -2.18. The molecule has 0 aliphatic heterocycles. The van der Waals surface area contributed by atoms with Crippen molar-refractivity contribution in [3.05, 3.63) is 41.6 Å². The molecule has 0 spiro atoms. The summed E-state index contributed by atoms with van der Waals surface area (Å²) >= 11 is 0. The maximum absolute atomic E-state index is 5.95. The van der Waals surface area contributed by atoms with Crippen LogP contribution in [0.25, 0.3) is 0 Å². The summed E-state index contributed by atoms with van der Waals surface area (Å²) in [5, 5.41) is 6.48. The Hall–Kier alpha value is -1.97. The first-order valence-electron chi connectivity index (χ1n) is 8.78. The van der Waals surface area contributed by atoms with E-state index >= 15 is 0 Å². The van der Waals surface area contributed by atoms with Gasteiger partial charge in [-0.3, -0.25) is 0 Å². The number of para-hydroxylation sites is 2. The van der Waals surface area contributed by atoms with Gasteiger partial charge in [-0.25, -0.2) is 9.98 Å². The van der Waals surface area contributed by atoms with Crippen LogP contribution in [-0.4, -0.2) is 37.2 Å². The number of nitrogens with one attached hydrogen (secondary N) is 2. The van der Waals surface area contributed by atoms with E-state index in [2.05, 4.69) is 20.6 Å². The van der Waals surface area contributed by atoms with E-state index in [9.17, 15) is 0 Å². The van der Waals surface area contributed by atoms with Crippen LogP contribution in [0.2, 0.25) is 0 Å². The van der Waals surface area contributed by atoms with Crippen LogP contribution in [0.15, 0.2) is 33.7 Å². The molecule has 1 aromatic heterocycles. The van der Waals surface area contributed by atoms with Gasteiger partial charge in [0.1, 0.15) is 18.4 Å². The van der Waals surface area contributed by atoms with Crippen molar-refractivity contribution in [2.24, 2.45) is 4.99 Å². The zero-order chi connectivity index (χ0) is 18.9. The Kier molecular flexibility index (Phi) is 9.98. The van der Waals surface area contributed by atoms with Crippen LogP contribution in [0.1, 0.15) is 31.2 Å². The second-order valence-electron chi connectivity index (χ2n) is 5.90. The lowest BCUT2D eigenvalue weighted by Crippen LogP contribution is -2.41. The third-order valence-electron chi connectivity index (χ3n) is 3.74. The summed E-state index contributed by atoms with van der Waals surface area (Å²) < 4.78 is 16.8. The zero-order valence-corrected chi connectivity index (χ0v) is 18.9. The molecule has 0 bridgehead atoms. The molecule has 0 aliphatic carbocycles. The molecule has 8 heteroatoms. The number of rotatable bonds is 8. The summed E-state index contributed by atoms with van der Waals surface area (Å²) in [5.41, 5.74) is 0.895. The molecule has 1 unspecified atom stereocenters. The lowest BCUT2D eigenvalue weighted by molar-refractivity contribution is 0.213. The number of methoxy groups -OCH3 is 1. The van der Waals surface area contributed by atoms with E-state index in [-0.39, 0.29) is 30.1 Å². The van der Waals surface area contributed by atoms with Crippen molar-refractivity contribution < 1.29 is 13.9 Å². The van der Waals surface area contributed by atoms with E-state index in [1.165, 1.54) is 0 Å². The monoisotopic (exact) mass is 488 g/mol. The van der Waals surface area contributed by atoms with Crippen LogP contribution in [0.5, 0.6) is 11.5 Å². The van der Waals surface area contributed by atoms with E-state index in [1.807, 2.05) is 52.0 Å². The molecule has 0 saturated heterocycles. The quantitative estimate of drug-likeness (QED) is 0.337. The number of aromatic nitrogens is 1. The van der Waals surface area contributed by atoms with E-state index in [0.29, 0.717) is 24.9 Å². The Bertz CT molecular complexity index is 714. The van der Waals surface area contributed by atoms with Gasteiger partial charge in [-0.2, -0.15) is 0 Å². The molecule has 0 aliphatic rings. The van der Waals surface area contributed by atoms with E-state index in [1.54, 1.807) is 7.11 Å². The van der Waals surface area contributed by atoms with E-state index in [0.717, 1.165) is 29.5 Å². The summed E-state index contributed by atoms with van der Waals surface area (Å²) in [5.74, 6) is 3.56. The van der Waals surface area contributed by atoms with Gasteiger partial charge in [-0.05, 0) is 39.8 Å². The molecule has 150 valence electrons. The van der Waals surface area contributed by atoms with Crippen molar-refractivity contribution in [1.82, 2.24) is 15.6 Å². The molecule has 0 fully saturated rings. The molecule has 1 heterocycles. The number of guanidine groups is 1. The fourth-order valence-corrected chi connectivity index (χ4v) is 2.31. The first-order chi connectivity index (χ1) is 12.5. The molecular weight excluding hydrogens is 459 g/mol. The first-order valence-corrected chi connectivity index (χ1v) is 8.78. The fourth-order valence-electron chi connectivity index (χ4n) is 2.31. The Morgan fingerprint density at radius 1 is 1.22 bits per heavy atom. The number of aryl methyl sites for hydroxylation is 2. The zero-order valence-electron chi connectivity index (χ0n) is 16.5. The minimum Gasteiger partial charge on any atom is -0.493 e. The third-order valence-corrected chi connectivity index (χ3v) is 3.74. The number of hydrogen-bond donors (Lipinski definition) is 2. The van der Waals surface area contributed by atoms with Crippen molar-refractivity contribution >= 4 is 29.9 Å². The topological polar surface area (TPSA) is 80.9 Å². The highest BCUT2D eigenvalue weighted by Gasteiger charge is 2.10. The van der Waals surface area contributed by atoms with Crippen LogP contribution in [-0.2, 0) is 6.54 Å². The van der Waals surface area contributed by atoms with Gasteiger partial charge in [-0.1, -0.05) is 12.1 Å². The van der Waals surface area contributed by atoms with Gasteiger partial charge in [0.2, 0.25) is 5.89 Å². The number of oxazole rings is 1. The van der Waals surface area contributed by atoms with Crippen molar-refractivity contribution in [2.75, 3.05) is 20.2 Å². The number of hydrogen-bond acceptors (Lipinski definition) is 5. The third kappa shape index (κ3) is 7.28. The van der Waals surface area contributed by atoms with Gasteiger partial charge < -0.3 is 24.5 Å². The number of aliphatic imine (C=N–C) groups is 1. The predicted molar refractivity (Wildman–Crippen MR) is 117 cm³/mol. The van der Waals surface area contributed by atoms with Crippen LogP contribution < -0.4 is 20.1 Å². The largest absolute Gasteiger partial charge is 0.493 e. The molecule has 0 saturated carbocycles. The number of nitrogens with zero attached hydrogens (tertiary/aromatic N) is 2. The molecule has 2 N–H and O–H groups in total. The Morgan fingerprint density at radius 3 is 2.52 bits per heavy atom.